The van der Waals surface area contributed by atoms with Crippen molar-refractivity contribution in [1.29, 1.82) is 0 Å². The number of rotatable bonds is 4. The van der Waals surface area contributed by atoms with Crippen LogP contribution in [0, 0.1) is 0 Å². The van der Waals surface area contributed by atoms with Crippen LogP contribution in [0.25, 0.3) is 89.7 Å². The third kappa shape index (κ3) is 6.83. The van der Waals surface area contributed by atoms with E-state index in [4.69, 9.17) is 39.9 Å². The fourth-order valence-corrected chi connectivity index (χ4v) is 11.8. The number of hydrogen-bond acceptors (Lipinski definition) is 14. The molecule has 0 fully saturated rings. The van der Waals surface area contributed by atoms with Gasteiger partial charge in [0.2, 0.25) is 0 Å². The fraction of sp³-hybridized carbons (Fsp3) is 0. The molecule has 9 heterocycles. The third-order valence-corrected chi connectivity index (χ3v) is 15.8. The summed E-state index contributed by atoms with van der Waals surface area (Å²) in [5.74, 6) is -4.91. The van der Waals surface area contributed by atoms with Crippen LogP contribution in [0.3, 0.4) is 0 Å². The predicted octanol–water partition coefficient (Wildman–Crippen LogP) is 9.33. The molecule has 8 aromatic carbocycles. The van der Waals surface area contributed by atoms with Crippen LogP contribution < -0.4 is 29.6 Å². The quantitative estimate of drug-likeness (QED) is 0.117. The molecule has 0 atom stereocenters. The molecule has 0 unspecified atom stereocenters. The van der Waals surface area contributed by atoms with E-state index in [2.05, 4.69) is 0 Å². The Balaban J connectivity index is 0.00000588. The number of anilines is 4. The summed E-state index contributed by atoms with van der Waals surface area (Å²) >= 11 is 0. The Labute approximate surface area is 486 Å². The molecular weight excluding hydrogens is 1130 g/mol. The second kappa shape index (κ2) is 17.6. The molecule has 11 aromatic rings. The van der Waals surface area contributed by atoms with Gasteiger partial charge in [-0.05, 0) is 119 Å². The number of hydrogen-bond donors (Lipinski definition) is 0. The van der Waals surface area contributed by atoms with E-state index in [1.165, 1.54) is 48.5 Å². The van der Waals surface area contributed by atoms with Gasteiger partial charge in [-0.3, -0.25) is 38.4 Å². The van der Waals surface area contributed by atoms with Gasteiger partial charge in [0, 0.05) is 44.8 Å². The van der Waals surface area contributed by atoms with E-state index >= 15 is 0 Å². The van der Waals surface area contributed by atoms with Gasteiger partial charge in [0.05, 0.1) is 90.6 Å². The van der Waals surface area contributed by atoms with Crippen LogP contribution in [-0.2, 0) is 17.1 Å². The molecule has 403 valence electrons. The van der Waals surface area contributed by atoms with Crippen molar-refractivity contribution >= 4 is 114 Å². The largest absolute Gasteiger partial charge is 2.00 e. The summed E-state index contributed by atoms with van der Waals surface area (Å²) in [5.41, 5.74) is 2.75. The molecule has 6 aliphatic rings. The molecule has 8 bridgehead atoms. The fourth-order valence-electron chi connectivity index (χ4n) is 11.8. The molecule has 20 nitrogen and oxygen atoms in total. The van der Waals surface area contributed by atoms with E-state index in [1.54, 1.807) is 121 Å². The summed E-state index contributed by atoms with van der Waals surface area (Å²) < 4.78 is 0. The average molecular weight is 1160 g/mol. The van der Waals surface area contributed by atoms with Crippen LogP contribution in [0.4, 0.5) is 22.7 Å². The molecule has 6 aliphatic heterocycles. The van der Waals surface area contributed by atoms with Gasteiger partial charge in [-0.1, -0.05) is 72.8 Å². The molecule has 0 N–H and O–H groups in total. The number of fused-ring (bicyclic) bond motifs is 24. The van der Waals surface area contributed by atoms with Gasteiger partial charge in [-0.25, -0.2) is 29.6 Å². The number of carbonyl (C=O) groups excluding carboxylic acids is 8. The average Bonchev–Trinajstić information content (AvgIpc) is 4.40. The molecule has 3 aromatic heterocycles. The smallest absolute Gasteiger partial charge is 0.357 e. The topological polar surface area (TPSA) is 255 Å². The van der Waals surface area contributed by atoms with E-state index in [0.717, 1.165) is 19.6 Å². The first-order chi connectivity index (χ1) is 40.9. The van der Waals surface area contributed by atoms with Crippen molar-refractivity contribution in [3.63, 3.8) is 0 Å². The maximum atomic E-state index is 14.4. The van der Waals surface area contributed by atoms with Crippen LogP contribution in [0.2, 0.25) is 0 Å². The Morgan fingerprint density at radius 3 is 0.624 bits per heavy atom. The number of aromatic nitrogens is 8. The molecule has 17 rings (SSSR count). The number of imide groups is 4. The number of benzene rings is 8. The Morgan fingerprint density at radius 2 is 0.424 bits per heavy atom. The van der Waals surface area contributed by atoms with Crippen LogP contribution in [0.15, 0.2) is 170 Å². The van der Waals surface area contributed by atoms with Crippen molar-refractivity contribution in [2.75, 3.05) is 19.6 Å². The minimum absolute atomic E-state index is 0. The van der Waals surface area contributed by atoms with E-state index in [0.29, 0.717) is 22.7 Å². The van der Waals surface area contributed by atoms with Crippen LogP contribution in [-0.4, -0.2) is 77.2 Å². The summed E-state index contributed by atoms with van der Waals surface area (Å²) in [7, 11) is 0. The van der Waals surface area contributed by atoms with Gasteiger partial charge in [0.1, 0.15) is 0 Å². The SMILES string of the molecule is O=C1c2cc3c(cc2C(=O)N1c1ccccc1)-c1nc-3nc2[n-]c(nc3nc(nc4[n-]c(n1)c1cc5c(cc41)C(=O)N(c1ccccc1)C5=O)-c1cc4c(cc1-3)C(=O)N(c1ccccc1)C4=O)c1cc3c(cc21)C(=O)N(c1ccccc1)C3=O.[Cu+2]. The van der Waals surface area contributed by atoms with E-state index < -0.39 is 47.3 Å². The van der Waals surface area contributed by atoms with E-state index in [1.807, 2.05) is 0 Å². The molecule has 0 spiro atoms. The standard InChI is InChI=1S/C64H30N12O8.Cu/c77-57-41-21-33-34(22-42(41)58(78)73(57)29-13-5-1-6-14-29)50-65-49(33)69-51-35-23-43-45(61(81)74(59(43)79)30-15-7-2-8-16-30)25-37(35)53(66-51)71-55-39-27-47-48(64(84)76(63(47)83)32-19-11-4-12-20-32)28-40(39)56(68-55)72-54-38-26-46-44(24-36(38)52(67-54)70-50)60(80)75(62(46)82)31-17-9-3-10-18-31;/h1-28H,(H2,65,66,67,68,69,70,71,72,77,78,79,80,81,82,83,84);/q;+2/p-2. The Kier molecular flexibility index (Phi) is 10.2. The summed E-state index contributed by atoms with van der Waals surface area (Å²) in [6, 6.07) is 46.0. The monoisotopic (exact) mass is 1160 g/mol. The van der Waals surface area contributed by atoms with Gasteiger partial charge < -0.3 is 29.9 Å². The van der Waals surface area contributed by atoms with Crippen LogP contribution >= 0.6 is 0 Å². The second-order valence-corrected chi connectivity index (χ2v) is 20.4. The first-order valence-electron chi connectivity index (χ1n) is 26.2. The van der Waals surface area contributed by atoms with Crippen LogP contribution in [0.5, 0.6) is 0 Å². The maximum absolute atomic E-state index is 14.4. The maximum Gasteiger partial charge on any atom is 2.00 e. The third-order valence-electron chi connectivity index (χ3n) is 15.8. The zero-order valence-corrected chi connectivity index (χ0v) is 44.0. The Morgan fingerprint density at radius 1 is 0.235 bits per heavy atom. The second-order valence-electron chi connectivity index (χ2n) is 20.4. The zero-order valence-electron chi connectivity index (χ0n) is 43.1. The first kappa shape index (κ1) is 49.1. The van der Waals surface area contributed by atoms with Gasteiger partial charge in [-0.15, -0.1) is 0 Å². The minimum Gasteiger partial charge on any atom is -0.357 e. The predicted molar refractivity (Wildman–Crippen MR) is 304 cm³/mol. The molecule has 0 aliphatic carbocycles. The molecule has 8 amide bonds. The summed E-state index contributed by atoms with van der Waals surface area (Å²) in [6.45, 7) is 0. The molecule has 0 saturated carbocycles. The van der Waals surface area contributed by atoms with Crippen molar-refractivity contribution in [1.82, 2.24) is 39.9 Å². The number of carbonyl (C=O) groups is 8. The normalized spacial score (nSPS) is 14.6. The number of para-hydroxylation sites is 4. The molecule has 1 radical (unpaired) electrons. The summed E-state index contributed by atoms with van der Waals surface area (Å²) in [4.78, 5) is 159. The Hall–Kier alpha value is -11.8. The zero-order chi connectivity index (χ0) is 56.5. The van der Waals surface area contributed by atoms with Gasteiger partial charge in [-0.2, -0.15) is 0 Å². The van der Waals surface area contributed by atoms with Gasteiger partial charge >= 0.3 is 17.1 Å². The number of amides is 8. The van der Waals surface area contributed by atoms with E-state index in [-0.39, 0.29) is 151 Å². The number of nitrogens with zero attached hydrogens (tertiary/aromatic N) is 12. The summed E-state index contributed by atoms with van der Waals surface area (Å²) in [6.07, 6.45) is 0. The molecule has 21 heteroatoms. The van der Waals surface area contributed by atoms with Crippen LogP contribution in [0.1, 0.15) is 82.9 Å². The minimum atomic E-state index is -0.600. The van der Waals surface area contributed by atoms with Crippen molar-refractivity contribution in [3.8, 4) is 45.6 Å². The Bertz CT molecular complexity index is 4670. The molecule has 0 saturated heterocycles. The van der Waals surface area contributed by atoms with Gasteiger partial charge in [0.25, 0.3) is 47.3 Å². The van der Waals surface area contributed by atoms with Crippen molar-refractivity contribution in [3.05, 3.63) is 214 Å². The molecular formula is C64H28CuN12O8. The first-order valence-corrected chi connectivity index (χ1v) is 26.2. The van der Waals surface area contributed by atoms with Gasteiger partial charge in [0.15, 0.2) is 0 Å². The van der Waals surface area contributed by atoms with E-state index in [9.17, 15) is 38.4 Å². The summed E-state index contributed by atoms with van der Waals surface area (Å²) in [5, 5.41) is 1.04. The van der Waals surface area contributed by atoms with Crippen molar-refractivity contribution < 1.29 is 55.4 Å². The van der Waals surface area contributed by atoms with Crippen molar-refractivity contribution in [2.45, 2.75) is 0 Å². The molecule has 85 heavy (non-hydrogen) atoms. The van der Waals surface area contributed by atoms with Crippen molar-refractivity contribution in [2.24, 2.45) is 0 Å².